The van der Waals surface area contributed by atoms with Crippen LogP contribution in [0.4, 0.5) is 4.39 Å². The molecule has 1 N–H and O–H groups in total. The normalized spacial score (nSPS) is 13.4. The Kier molecular flexibility index (Phi) is 5.67. The number of ether oxygens (including phenoxy) is 1. The third-order valence-electron chi connectivity index (χ3n) is 3.39. The molecule has 2 aromatic rings. The fraction of sp³-hybridized carbons (Fsp3) is 0.278. The molecule has 0 saturated carbocycles. The van der Waals surface area contributed by atoms with Gasteiger partial charge in [0.05, 0.1) is 12.6 Å². The smallest absolute Gasteiger partial charge is 0.341 e. The van der Waals surface area contributed by atoms with Gasteiger partial charge in [0.15, 0.2) is 0 Å². The molecule has 0 radical (unpaired) electrons. The fourth-order valence-corrected chi connectivity index (χ4v) is 2.42. The van der Waals surface area contributed by atoms with Gasteiger partial charge in [0.25, 0.3) is 0 Å². The largest absolute Gasteiger partial charge is 0.453 e. The second-order valence-corrected chi connectivity index (χ2v) is 5.52. The van der Waals surface area contributed by atoms with Crippen molar-refractivity contribution >= 4 is 5.97 Å². The topological polar surface area (TPSA) is 30.7 Å². The number of benzene rings is 2. The number of hydrogen-bond acceptors (Lipinski definition) is 2. The molecule has 22 heavy (non-hydrogen) atoms. The third-order valence-corrected chi connectivity index (χ3v) is 3.39. The summed E-state index contributed by atoms with van der Waals surface area (Å²) in [6, 6.07) is 16.0. The Morgan fingerprint density at radius 2 is 1.77 bits per heavy atom. The van der Waals surface area contributed by atoms with Gasteiger partial charge in [0.1, 0.15) is 25.0 Å². The molecule has 0 aliphatic carbocycles. The SMILES string of the molecule is C[C@@H](C[NH+](C)Cc1ccccc1)OC(=O)c1ccccc1F. The van der Waals surface area contributed by atoms with Crippen molar-refractivity contribution in [2.45, 2.75) is 19.6 Å². The number of carbonyl (C=O) groups is 1. The maximum atomic E-state index is 13.5. The lowest BCUT2D eigenvalue weighted by atomic mass is 10.2. The van der Waals surface area contributed by atoms with E-state index in [1.54, 1.807) is 12.1 Å². The zero-order valence-electron chi connectivity index (χ0n) is 12.9. The van der Waals surface area contributed by atoms with E-state index in [1.807, 2.05) is 32.2 Å². The Morgan fingerprint density at radius 1 is 1.14 bits per heavy atom. The zero-order valence-corrected chi connectivity index (χ0v) is 12.9. The molecule has 2 aromatic carbocycles. The summed E-state index contributed by atoms with van der Waals surface area (Å²) in [7, 11) is 2.04. The molecule has 0 saturated heterocycles. The number of likely N-dealkylation sites (N-methyl/N-ethyl adjacent to an activating group) is 1. The van der Waals surface area contributed by atoms with Crippen LogP contribution in [0, 0.1) is 5.82 Å². The number of nitrogens with one attached hydrogen (secondary N) is 1. The molecule has 3 nitrogen and oxygen atoms in total. The van der Waals surface area contributed by atoms with Crippen molar-refractivity contribution in [3.05, 3.63) is 71.5 Å². The Balaban J connectivity index is 1.86. The quantitative estimate of drug-likeness (QED) is 0.828. The van der Waals surface area contributed by atoms with E-state index >= 15 is 0 Å². The Morgan fingerprint density at radius 3 is 2.45 bits per heavy atom. The molecular formula is C18H21FNO2+. The molecule has 0 aromatic heterocycles. The third kappa shape index (κ3) is 4.67. The lowest BCUT2D eigenvalue weighted by Crippen LogP contribution is -3.08. The molecule has 0 aliphatic heterocycles. The van der Waals surface area contributed by atoms with Crippen molar-refractivity contribution in [1.29, 1.82) is 0 Å². The van der Waals surface area contributed by atoms with Crippen molar-refractivity contribution in [3.8, 4) is 0 Å². The Hall–Kier alpha value is -2.20. The first kappa shape index (κ1) is 16.2. The van der Waals surface area contributed by atoms with Gasteiger partial charge < -0.3 is 9.64 Å². The first-order valence-electron chi connectivity index (χ1n) is 7.37. The van der Waals surface area contributed by atoms with Crippen LogP contribution in [0.25, 0.3) is 0 Å². The lowest BCUT2D eigenvalue weighted by molar-refractivity contribution is -0.896. The van der Waals surface area contributed by atoms with Gasteiger partial charge in [-0.1, -0.05) is 42.5 Å². The van der Waals surface area contributed by atoms with Crippen LogP contribution in [-0.4, -0.2) is 25.7 Å². The highest BCUT2D eigenvalue weighted by molar-refractivity contribution is 5.89. The summed E-state index contributed by atoms with van der Waals surface area (Å²) < 4.78 is 18.9. The summed E-state index contributed by atoms with van der Waals surface area (Å²) in [6.45, 7) is 3.34. The molecule has 1 unspecified atom stereocenters. The van der Waals surface area contributed by atoms with Gasteiger partial charge in [-0.3, -0.25) is 0 Å². The molecule has 0 fully saturated rings. The summed E-state index contributed by atoms with van der Waals surface area (Å²) >= 11 is 0. The number of esters is 1. The average Bonchev–Trinajstić information content (AvgIpc) is 2.48. The molecule has 0 aliphatic rings. The number of halogens is 1. The summed E-state index contributed by atoms with van der Waals surface area (Å²) in [4.78, 5) is 13.2. The van der Waals surface area contributed by atoms with Gasteiger partial charge in [0, 0.05) is 5.56 Å². The summed E-state index contributed by atoms with van der Waals surface area (Å²) in [5, 5.41) is 0. The minimum Gasteiger partial charge on any atom is -0.453 e. The van der Waals surface area contributed by atoms with Gasteiger partial charge in [-0.25, -0.2) is 9.18 Å². The van der Waals surface area contributed by atoms with E-state index < -0.39 is 11.8 Å². The van der Waals surface area contributed by atoms with Crippen LogP contribution in [0.5, 0.6) is 0 Å². The van der Waals surface area contributed by atoms with Crippen LogP contribution in [0.2, 0.25) is 0 Å². The van der Waals surface area contributed by atoms with Crippen molar-refractivity contribution < 1.29 is 18.8 Å². The lowest BCUT2D eigenvalue weighted by Gasteiger charge is -2.19. The van der Waals surface area contributed by atoms with Crippen molar-refractivity contribution in [2.75, 3.05) is 13.6 Å². The molecule has 0 bridgehead atoms. The molecule has 0 amide bonds. The summed E-state index contributed by atoms with van der Waals surface area (Å²) in [6.07, 6.45) is -0.282. The van der Waals surface area contributed by atoms with Crippen molar-refractivity contribution in [2.24, 2.45) is 0 Å². The van der Waals surface area contributed by atoms with E-state index in [2.05, 4.69) is 12.1 Å². The van der Waals surface area contributed by atoms with Crippen LogP contribution in [0.1, 0.15) is 22.8 Å². The minimum atomic E-state index is -0.613. The fourth-order valence-electron chi connectivity index (χ4n) is 2.42. The molecule has 2 atom stereocenters. The number of quaternary nitrogens is 1. The van der Waals surface area contributed by atoms with Crippen LogP contribution >= 0.6 is 0 Å². The summed E-state index contributed by atoms with van der Waals surface area (Å²) in [5.74, 6) is -1.16. The predicted molar refractivity (Wildman–Crippen MR) is 83.2 cm³/mol. The van der Waals surface area contributed by atoms with Crippen molar-refractivity contribution in [1.82, 2.24) is 0 Å². The van der Waals surface area contributed by atoms with Crippen LogP contribution in [-0.2, 0) is 11.3 Å². The second-order valence-electron chi connectivity index (χ2n) is 5.52. The maximum Gasteiger partial charge on any atom is 0.341 e. The Labute approximate surface area is 130 Å². The molecule has 0 spiro atoms. The van der Waals surface area contributed by atoms with Gasteiger partial charge in [-0.2, -0.15) is 0 Å². The van der Waals surface area contributed by atoms with Crippen LogP contribution in [0.15, 0.2) is 54.6 Å². The highest BCUT2D eigenvalue weighted by atomic mass is 19.1. The Bertz CT molecular complexity index is 615. The highest BCUT2D eigenvalue weighted by Crippen LogP contribution is 2.09. The van der Waals surface area contributed by atoms with Crippen LogP contribution in [0.3, 0.4) is 0 Å². The number of rotatable bonds is 6. The maximum absolute atomic E-state index is 13.5. The minimum absolute atomic E-state index is 0.0185. The monoisotopic (exact) mass is 302 g/mol. The van der Waals surface area contributed by atoms with Crippen molar-refractivity contribution in [3.63, 3.8) is 0 Å². The standard InChI is InChI=1S/C18H20FNO2/c1-14(12-20(2)13-15-8-4-3-5-9-15)22-18(21)16-10-6-7-11-17(16)19/h3-11,14H,12-13H2,1-2H3/p+1/t14-/m0/s1. The van der Waals surface area contributed by atoms with E-state index in [1.165, 1.54) is 22.6 Å². The average molecular weight is 302 g/mol. The summed E-state index contributed by atoms with van der Waals surface area (Å²) in [5.41, 5.74) is 1.21. The molecule has 4 heteroatoms. The van der Waals surface area contributed by atoms with Crippen LogP contribution < -0.4 is 4.90 Å². The number of hydrogen-bond donors (Lipinski definition) is 1. The van der Waals surface area contributed by atoms with E-state index in [4.69, 9.17) is 4.74 Å². The van der Waals surface area contributed by atoms with Gasteiger partial charge >= 0.3 is 5.97 Å². The van der Waals surface area contributed by atoms with Gasteiger partial charge in [0.2, 0.25) is 0 Å². The first-order chi connectivity index (χ1) is 10.6. The number of carbonyl (C=O) groups excluding carboxylic acids is 1. The van der Waals surface area contributed by atoms with Gasteiger partial charge in [-0.15, -0.1) is 0 Å². The second kappa shape index (κ2) is 7.71. The zero-order chi connectivity index (χ0) is 15.9. The molecule has 116 valence electrons. The molecule has 2 rings (SSSR count). The molecule has 0 heterocycles. The van der Waals surface area contributed by atoms with E-state index in [-0.39, 0.29) is 11.7 Å². The molecular weight excluding hydrogens is 281 g/mol. The highest BCUT2D eigenvalue weighted by Gasteiger charge is 2.18. The first-order valence-corrected chi connectivity index (χ1v) is 7.37. The van der Waals surface area contributed by atoms with E-state index in [0.717, 1.165) is 6.54 Å². The van der Waals surface area contributed by atoms with Gasteiger partial charge in [-0.05, 0) is 19.1 Å². The predicted octanol–water partition coefficient (Wildman–Crippen LogP) is 2.09. The van der Waals surface area contributed by atoms with E-state index in [0.29, 0.717) is 6.54 Å². The van der Waals surface area contributed by atoms with E-state index in [9.17, 15) is 9.18 Å².